The van der Waals surface area contributed by atoms with E-state index in [-0.39, 0.29) is 23.7 Å². The molecule has 0 radical (unpaired) electrons. The van der Waals surface area contributed by atoms with Crippen molar-refractivity contribution in [1.29, 1.82) is 0 Å². The number of piperidine rings is 1. The van der Waals surface area contributed by atoms with Crippen LogP contribution in [-0.2, 0) is 14.3 Å². The first-order chi connectivity index (χ1) is 15.1. The summed E-state index contributed by atoms with van der Waals surface area (Å²) in [6, 6.07) is 0. The van der Waals surface area contributed by atoms with Crippen LogP contribution < -0.4 is 0 Å². The number of nitrogens with zero attached hydrogens (tertiary/aromatic N) is 2. The largest absolute Gasteiger partial charge is 0.464 e. The molecular formula is C26H44N2O3. The van der Waals surface area contributed by atoms with Crippen molar-refractivity contribution >= 4 is 11.9 Å². The van der Waals surface area contributed by atoms with Crippen LogP contribution in [0.3, 0.4) is 0 Å². The van der Waals surface area contributed by atoms with Crippen molar-refractivity contribution in [3.63, 3.8) is 0 Å². The maximum absolute atomic E-state index is 12.6. The quantitative estimate of drug-likeness (QED) is 0.208. The minimum atomic E-state index is -0.303. The molecule has 1 amide bonds. The zero-order valence-electron chi connectivity index (χ0n) is 19.7. The lowest BCUT2D eigenvalue weighted by molar-refractivity contribution is -0.150. The lowest BCUT2D eigenvalue weighted by atomic mass is 9.98. The topological polar surface area (TPSA) is 49.9 Å². The highest BCUT2D eigenvalue weighted by Gasteiger charge is 2.41. The van der Waals surface area contributed by atoms with E-state index in [9.17, 15) is 9.59 Å². The van der Waals surface area contributed by atoms with E-state index in [2.05, 4.69) is 23.6 Å². The van der Waals surface area contributed by atoms with Gasteiger partial charge in [-0.2, -0.15) is 0 Å². The summed E-state index contributed by atoms with van der Waals surface area (Å²) in [5.74, 6) is -0.633. The van der Waals surface area contributed by atoms with Crippen molar-refractivity contribution in [2.45, 2.75) is 77.6 Å². The molecule has 2 saturated heterocycles. The first kappa shape index (κ1) is 25.6. The zero-order chi connectivity index (χ0) is 22.3. The summed E-state index contributed by atoms with van der Waals surface area (Å²) in [4.78, 5) is 29.3. The smallest absolute Gasteiger partial charge is 0.311 e. The molecule has 2 atom stereocenters. The Kier molecular flexibility index (Phi) is 12.6. The predicted molar refractivity (Wildman–Crippen MR) is 127 cm³/mol. The fourth-order valence-corrected chi connectivity index (χ4v) is 4.57. The van der Waals surface area contributed by atoms with Gasteiger partial charge in [-0.1, -0.05) is 57.3 Å². The van der Waals surface area contributed by atoms with Gasteiger partial charge in [-0.3, -0.25) is 14.5 Å². The van der Waals surface area contributed by atoms with Gasteiger partial charge in [0.15, 0.2) is 0 Å². The van der Waals surface area contributed by atoms with E-state index in [1.807, 2.05) is 17.9 Å². The molecule has 176 valence electrons. The normalized spacial score (nSPS) is 22.4. The Morgan fingerprint density at radius 2 is 1.74 bits per heavy atom. The van der Waals surface area contributed by atoms with Gasteiger partial charge in [0, 0.05) is 19.6 Å². The molecule has 2 heterocycles. The van der Waals surface area contributed by atoms with Gasteiger partial charge in [-0.05, 0) is 51.6 Å². The van der Waals surface area contributed by atoms with Crippen molar-refractivity contribution in [3.8, 4) is 0 Å². The fraction of sp³-hybridized carbons (Fsp3) is 0.769. The summed E-state index contributed by atoms with van der Waals surface area (Å²) in [5, 5.41) is 0. The number of amides is 1. The van der Waals surface area contributed by atoms with E-state index in [0.29, 0.717) is 13.2 Å². The molecule has 2 aliphatic heterocycles. The van der Waals surface area contributed by atoms with Gasteiger partial charge in [0.1, 0.15) is 6.61 Å². The van der Waals surface area contributed by atoms with Gasteiger partial charge in [0.2, 0.25) is 5.91 Å². The van der Waals surface area contributed by atoms with Gasteiger partial charge in [-0.15, -0.1) is 6.58 Å². The summed E-state index contributed by atoms with van der Waals surface area (Å²) in [5.41, 5.74) is 0. The Bertz CT molecular complexity index is 569. The summed E-state index contributed by atoms with van der Waals surface area (Å²) >= 11 is 0. The average Bonchev–Trinajstić information content (AvgIpc) is 3.07. The van der Waals surface area contributed by atoms with Crippen LogP contribution in [0.2, 0.25) is 0 Å². The lowest BCUT2D eigenvalue weighted by Gasteiger charge is -2.26. The minimum Gasteiger partial charge on any atom is -0.464 e. The van der Waals surface area contributed by atoms with Crippen LogP contribution in [0.1, 0.15) is 77.6 Å². The number of ether oxygens (including phenoxy) is 1. The average molecular weight is 433 g/mol. The van der Waals surface area contributed by atoms with Crippen LogP contribution in [0.5, 0.6) is 0 Å². The Hall–Kier alpha value is -1.62. The number of allylic oxidation sites excluding steroid dienone is 3. The van der Waals surface area contributed by atoms with E-state index in [1.165, 1.54) is 44.9 Å². The molecule has 0 aromatic rings. The molecule has 0 N–H and O–H groups in total. The molecule has 0 spiro atoms. The molecule has 0 aromatic carbocycles. The minimum absolute atomic E-state index is 0.115. The molecule has 31 heavy (non-hydrogen) atoms. The zero-order valence-corrected chi connectivity index (χ0v) is 19.7. The van der Waals surface area contributed by atoms with E-state index >= 15 is 0 Å². The van der Waals surface area contributed by atoms with Gasteiger partial charge < -0.3 is 9.64 Å². The molecule has 0 bridgehead atoms. The molecule has 5 nitrogen and oxygen atoms in total. The van der Waals surface area contributed by atoms with Crippen molar-refractivity contribution in [1.82, 2.24) is 9.80 Å². The van der Waals surface area contributed by atoms with E-state index < -0.39 is 0 Å². The van der Waals surface area contributed by atoms with Crippen LogP contribution in [0.15, 0.2) is 24.8 Å². The van der Waals surface area contributed by atoms with E-state index in [1.54, 1.807) is 0 Å². The Labute approximate surface area is 189 Å². The second-order valence-corrected chi connectivity index (χ2v) is 9.15. The second kappa shape index (κ2) is 15.2. The first-order valence-electron chi connectivity index (χ1n) is 12.6. The molecular weight excluding hydrogens is 388 g/mol. The predicted octanol–water partition coefficient (Wildman–Crippen LogP) is 4.97. The molecule has 0 aromatic heterocycles. The Morgan fingerprint density at radius 3 is 2.48 bits per heavy atom. The highest BCUT2D eigenvalue weighted by Crippen LogP contribution is 2.26. The van der Waals surface area contributed by atoms with Crippen molar-refractivity contribution < 1.29 is 14.3 Å². The number of esters is 1. The van der Waals surface area contributed by atoms with Crippen LogP contribution in [-0.4, -0.2) is 61.0 Å². The standard InChI is InChI=1S/C26H44N2O3/c1-3-4-5-6-7-8-9-10-11-12-16-19-28-22-24(23(2)25(28)29)26(30)31-21-20-27-17-14-13-15-18-27/h3,5-6,23-24H,1,4,7-22H2,2H3/b6-5-/t23?,24-/m1/s1. The number of rotatable bonds is 15. The number of carbonyl (C=O) groups excluding carboxylic acids is 2. The Morgan fingerprint density at radius 1 is 1.03 bits per heavy atom. The maximum atomic E-state index is 12.6. The van der Waals surface area contributed by atoms with Crippen LogP contribution >= 0.6 is 0 Å². The molecule has 0 aliphatic carbocycles. The molecule has 2 rings (SSSR count). The number of unbranched alkanes of at least 4 members (excludes halogenated alkanes) is 6. The molecule has 1 unspecified atom stereocenters. The lowest BCUT2D eigenvalue weighted by Crippen LogP contribution is -2.34. The number of hydrogen-bond donors (Lipinski definition) is 0. The van der Waals surface area contributed by atoms with Crippen molar-refractivity contribution in [3.05, 3.63) is 24.8 Å². The third-order valence-corrected chi connectivity index (χ3v) is 6.64. The number of likely N-dealkylation sites (tertiary alicyclic amines) is 2. The summed E-state index contributed by atoms with van der Waals surface area (Å²) < 4.78 is 5.54. The van der Waals surface area contributed by atoms with Crippen LogP contribution in [0.4, 0.5) is 0 Å². The Balaban J connectivity index is 1.54. The van der Waals surface area contributed by atoms with Gasteiger partial charge in [0.25, 0.3) is 0 Å². The highest BCUT2D eigenvalue weighted by atomic mass is 16.5. The summed E-state index contributed by atoms with van der Waals surface area (Å²) in [7, 11) is 0. The van der Waals surface area contributed by atoms with Gasteiger partial charge in [-0.25, -0.2) is 0 Å². The third-order valence-electron chi connectivity index (χ3n) is 6.64. The molecule has 2 aliphatic rings. The van der Waals surface area contributed by atoms with Crippen molar-refractivity contribution in [2.24, 2.45) is 11.8 Å². The molecule has 0 saturated carbocycles. The second-order valence-electron chi connectivity index (χ2n) is 9.15. The molecule has 2 fully saturated rings. The third kappa shape index (κ3) is 9.59. The van der Waals surface area contributed by atoms with E-state index in [0.717, 1.165) is 51.9 Å². The van der Waals surface area contributed by atoms with Crippen molar-refractivity contribution in [2.75, 3.05) is 39.3 Å². The number of hydrogen-bond acceptors (Lipinski definition) is 4. The molecule has 5 heteroatoms. The number of carbonyl (C=O) groups is 2. The van der Waals surface area contributed by atoms with Crippen LogP contribution in [0.25, 0.3) is 0 Å². The fourth-order valence-electron chi connectivity index (χ4n) is 4.57. The first-order valence-corrected chi connectivity index (χ1v) is 12.6. The van der Waals surface area contributed by atoms with E-state index in [4.69, 9.17) is 4.74 Å². The SMILES string of the molecule is C=CC/C=C\CCCCCCCCN1C[C@@H](C(=O)OCCN2CCCCC2)C(C)C1=O. The van der Waals surface area contributed by atoms with Crippen LogP contribution in [0, 0.1) is 11.8 Å². The van der Waals surface area contributed by atoms with Gasteiger partial charge in [0.05, 0.1) is 11.8 Å². The maximum Gasteiger partial charge on any atom is 0.311 e. The highest BCUT2D eigenvalue weighted by molar-refractivity contribution is 5.88. The summed E-state index contributed by atoms with van der Waals surface area (Å²) in [6.07, 6.45) is 19.4. The summed E-state index contributed by atoms with van der Waals surface area (Å²) in [6.45, 7) is 10.4. The monoisotopic (exact) mass is 432 g/mol. The van der Waals surface area contributed by atoms with Gasteiger partial charge >= 0.3 is 5.97 Å².